The zero-order chi connectivity index (χ0) is 24.7. The topological polar surface area (TPSA) is 93.2 Å². The molecule has 4 atom stereocenters. The Morgan fingerprint density at radius 3 is 2.40 bits per heavy atom. The van der Waals surface area contributed by atoms with E-state index >= 15 is 0 Å². The fraction of sp³-hybridized carbons (Fsp3) is 0.407. The third-order valence-electron chi connectivity index (χ3n) is 7.32. The van der Waals surface area contributed by atoms with Crippen molar-refractivity contribution in [3.63, 3.8) is 0 Å². The predicted molar refractivity (Wildman–Crippen MR) is 128 cm³/mol. The van der Waals surface area contributed by atoms with Gasteiger partial charge >= 0.3 is 5.97 Å². The van der Waals surface area contributed by atoms with Crippen molar-refractivity contribution in [1.82, 2.24) is 0 Å². The summed E-state index contributed by atoms with van der Waals surface area (Å²) in [6.07, 6.45) is 2.51. The molecule has 3 aliphatic rings. The van der Waals surface area contributed by atoms with Crippen LogP contribution in [0.15, 0.2) is 48.5 Å². The predicted octanol–water partition coefficient (Wildman–Crippen LogP) is 3.58. The normalized spacial score (nSPS) is 26.2. The molecule has 8 heteroatoms. The van der Waals surface area contributed by atoms with Gasteiger partial charge in [-0.3, -0.25) is 24.1 Å². The fourth-order valence-electron chi connectivity index (χ4n) is 5.40. The molecule has 2 aromatic carbocycles. The first kappa shape index (κ1) is 23.1. The number of carbonyl (C=O) groups excluding carboxylic acids is 4. The lowest BCUT2D eigenvalue weighted by Crippen LogP contribution is -2.30. The molecule has 3 fully saturated rings. The molecule has 1 saturated carbocycles. The number of benzene rings is 2. The van der Waals surface area contributed by atoms with Gasteiger partial charge in [-0.25, -0.2) is 0 Å². The van der Waals surface area contributed by atoms with Crippen molar-refractivity contribution in [2.24, 2.45) is 23.7 Å². The molecule has 5 rings (SSSR count). The molecule has 2 aliphatic heterocycles. The van der Waals surface area contributed by atoms with E-state index in [1.165, 1.54) is 4.90 Å². The summed E-state index contributed by atoms with van der Waals surface area (Å²) in [5.74, 6) is -0.627. The maximum Gasteiger partial charge on any atom is 0.316 e. The lowest BCUT2D eigenvalue weighted by molar-refractivity contribution is -0.139. The molecule has 0 aromatic heterocycles. The number of amides is 3. The SMILES string of the molecule is COc1cccc(N2C[C@H](C(=O)Oc3ccc(N4C(=O)[C@H]5CC[C@H](C)C[C@H]5C4=O)cc3)CC2=O)c1. The number of ether oxygens (including phenoxy) is 2. The van der Waals surface area contributed by atoms with Gasteiger partial charge in [-0.15, -0.1) is 0 Å². The molecular formula is C27H28N2O6. The molecule has 8 nitrogen and oxygen atoms in total. The highest BCUT2D eigenvalue weighted by atomic mass is 16.5. The van der Waals surface area contributed by atoms with Crippen molar-refractivity contribution in [2.75, 3.05) is 23.5 Å². The Balaban J connectivity index is 1.24. The molecule has 0 unspecified atom stereocenters. The van der Waals surface area contributed by atoms with Gasteiger partial charge in [0.25, 0.3) is 0 Å². The van der Waals surface area contributed by atoms with Crippen LogP contribution in [0.25, 0.3) is 0 Å². The Morgan fingerprint density at radius 1 is 0.914 bits per heavy atom. The molecule has 2 aromatic rings. The number of anilines is 2. The second kappa shape index (κ2) is 9.17. The quantitative estimate of drug-likeness (QED) is 0.372. The molecular weight excluding hydrogens is 448 g/mol. The monoisotopic (exact) mass is 476 g/mol. The van der Waals surface area contributed by atoms with Crippen LogP contribution in [0.3, 0.4) is 0 Å². The summed E-state index contributed by atoms with van der Waals surface area (Å²) in [5, 5.41) is 0. The summed E-state index contributed by atoms with van der Waals surface area (Å²) >= 11 is 0. The zero-order valence-electron chi connectivity index (χ0n) is 19.8. The van der Waals surface area contributed by atoms with E-state index in [4.69, 9.17) is 9.47 Å². The Morgan fingerprint density at radius 2 is 1.66 bits per heavy atom. The van der Waals surface area contributed by atoms with Gasteiger partial charge in [-0.2, -0.15) is 0 Å². The van der Waals surface area contributed by atoms with Gasteiger partial charge in [0.15, 0.2) is 0 Å². The average molecular weight is 477 g/mol. The summed E-state index contributed by atoms with van der Waals surface area (Å²) in [7, 11) is 1.55. The summed E-state index contributed by atoms with van der Waals surface area (Å²) in [4.78, 5) is 53.9. The van der Waals surface area contributed by atoms with E-state index in [0.717, 1.165) is 19.3 Å². The van der Waals surface area contributed by atoms with E-state index in [1.54, 1.807) is 60.5 Å². The summed E-state index contributed by atoms with van der Waals surface area (Å²) < 4.78 is 10.7. The largest absolute Gasteiger partial charge is 0.497 e. The molecule has 2 heterocycles. The van der Waals surface area contributed by atoms with Crippen LogP contribution in [-0.4, -0.2) is 37.3 Å². The third-order valence-corrected chi connectivity index (χ3v) is 7.32. The van der Waals surface area contributed by atoms with Crippen molar-refractivity contribution in [2.45, 2.75) is 32.6 Å². The molecule has 0 radical (unpaired) electrons. The van der Waals surface area contributed by atoms with Crippen LogP contribution < -0.4 is 19.3 Å². The Labute approximate surface area is 203 Å². The van der Waals surface area contributed by atoms with E-state index in [2.05, 4.69) is 6.92 Å². The molecule has 1 aliphatic carbocycles. The minimum atomic E-state index is -0.597. The van der Waals surface area contributed by atoms with Gasteiger partial charge in [0.05, 0.1) is 30.6 Å². The molecule has 0 spiro atoms. The van der Waals surface area contributed by atoms with E-state index in [-0.39, 0.29) is 42.5 Å². The van der Waals surface area contributed by atoms with Gasteiger partial charge in [0.1, 0.15) is 11.5 Å². The van der Waals surface area contributed by atoms with Gasteiger partial charge in [0.2, 0.25) is 17.7 Å². The highest BCUT2D eigenvalue weighted by molar-refractivity contribution is 6.22. The van der Waals surface area contributed by atoms with Gasteiger partial charge < -0.3 is 14.4 Å². The van der Waals surface area contributed by atoms with Gasteiger partial charge in [-0.05, 0) is 61.6 Å². The van der Waals surface area contributed by atoms with Crippen LogP contribution in [-0.2, 0) is 19.2 Å². The Kier molecular flexibility index (Phi) is 6.05. The highest BCUT2D eigenvalue weighted by Gasteiger charge is 2.50. The number of hydrogen-bond acceptors (Lipinski definition) is 6. The van der Waals surface area contributed by atoms with Gasteiger partial charge in [-0.1, -0.05) is 13.0 Å². The molecule has 2 saturated heterocycles. The van der Waals surface area contributed by atoms with Crippen molar-refractivity contribution in [3.8, 4) is 11.5 Å². The maximum absolute atomic E-state index is 12.9. The Hall–Kier alpha value is -3.68. The Bertz CT molecular complexity index is 1180. The molecule has 182 valence electrons. The molecule has 0 bridgehead atoms. The second-order valence-electron chi connectivity index (χ2n) is 9.66. The number of hydrogen-bond donors (Lipinski definition) is 0. The summed E-state index contributed by atoms with van der Waals surface area (Å²) in [6.45, 7) is 2.34. The number of methoxy groups -OCH3 is 1. The number of esters is 1. The third kappa shape index (κ3) is 4.29. The van der Waals surface area contributed by atoms with Crippen molar-refractivity contribution in [1.29, 1.82) is 0 Å². The summed E-state index contributed by atoms with van der Waals surface area (Å²) in [5.41, 5.74) is 1.16. The van der Waals surface area contributed by atoms with E-state index in [1.807, 2.05) is 0 Å². The lowest BCUT2D eigenvalue weighted by atomic mass is 9.76. The first-order chi connectivity index (χ1) is 16.9. The smallest absolute Gasteiger partial charge is 0.316 e. The van der Waals surface area contributed by atoms with Crippen LogP contribution >= 0.6 is 0 Å². The van der Waals surface area contributed by atoms with Crippen LogP contribution in [0.5, 0.6) is 11.5 Å². The van der Waals surface area contributed by atoms with Crippen molar-refractivity contribution < 1.29 is 28.7 Å². The number of rotatable bonds is 5. The zero-order valence-corrected chi connectivity index (χ0v) is 19.8. The standard InChI is InChI=1S/C27H28N2O6/c1-16-6-11-22-23(12-16)26(32)29(25(22)31)18-7-9-20(10-8-18)35-27(33)17-13-24(30)28(15-17)19-4-3-5-21(14-19)34-2/h3-5,7-10,14,16-17,22-23H,6,11-13,15H2,1-2H3/t16-,17+,22-,23+/m0/s1. The fourth-order valence-corrected chi connectivity index (χ4v) is 5.40. The first-order valence-corrected chi connectivity index (χ1v) is 12.0. The number of fused-ring (bicyclic) bond motifs is 1. The van der Waals surface area contributed by atoms with E-state index in [9.17, 15) is 19.2 Å². The number of imide groups is 1. The van der Waals surface area contributed by atoms with Gasteiger partial charge in [0, 0.05) is 24.7 Å². The van der Waals surface area contributed by atoms with Crippen LogP contribution in [0.4, 0.5) is 11.4 Å². The minimum absolute atomic E-state index is 0.0616. The van der Waals surface area contributed by atoms with Crippen molar-refractivity contribution in [3.05, 3.63) is 48.5 Å². The summed E-state index contributed by atoms with van der Waals surface area (Å²) in [6, 6.07) is 13.5. The lowest BCUT2D eigenvalue weighted by Gasteiger charge is -2.25. The number of nitrogens with zero attached hydrogens (tertiary/aromatic N) is 2. The van der Waals surface area contributed by atoms with Crippen LogP contribution in [0, 0.1) is 23.7 Å². The average Bonchev–Trinajstić information content (AvgIpc) is 3.37. The maximum atomic E-state index is 12.9. The number of carbonyl (C=O) groups is 4. The minimum Gasteiger partial charge on any atom is -0.497 e. The van der Waals surface area contributed by atoms with E-state index in [0.29, 0.717) is 28.8 Å². The first-order valence-electron chi connectivity index (χ1n) is 12.0. The molecule has 3 amide bonds. The molecule has 35 heavy (non-hydrogen) atoms. The van der Waals surface area contributed by atoms with Crippen molar-refractivity contribution >= 4 is 35.1 Å². The second-order valence-corrected chi connectivity index (χ2v) is 9.66. The van der Waals surface area contributed by atoms with Crippen LogP contribution in [0.2, 0.25) is 0 Å². The van der Waals surface area contributed by atoms with E-state index < -0.39 is 11.9 Å². The molecule has 0 N–H and O–H groups in total. The highest BCUT2D eigenvalue weighted by Crippen LogP contribution is 2.42. The van der Waals surface area contributed by atoms with Crippen LogP contribution in [0.1, 0.15) is 32.6 Å².